The van der Waals surface area contributed by atoms with E-state index in [1.807, 2.05) is 126 Å². The van der Waals surface area contributed by atoms with Crippen molar-refractivity contribution in [1.82, 2.24) is 29.9 Å². The Morgan fingerprint density at radius 3 is 1.09 bits per heavy atom. The minimum atomic E-state index is 0.357. The van der Waals surface area contributed by atoms with Gasteiger partial charge in [0.2, 0.25) is 11.9 Å². The quantitative estimate of drug-likeness (QED) is 0.105. The summed E-state index contributed by atoms with van der Waals surface area (Å²) in [6, 6.07) is 90.9. The maximum atomic E-state index is 5.24. The summed E-state index contributed by atoms with van der Waals surface area (Å²) < 4.78 is 0. The molecule has 0 unspecified atom stereocenters. The highest BCUT2D eigenvalue weighted by Gasteiger charge is 2.25. The first-order valence-electron chi connectivity index (χ1n) is 25.1. The van der Waals surface area contributed by atoms with E-state index >= 15 is 0 Å². The van der Waals surface area contributed by atoms with Crippen LogP contribution in [-0.4, -0.2) is 29.9 Å². The van der Waals surface area contributed by atoms with Crippen LogP contribution in [0.15, 0.2) is 261 Å². The van der Waals surface area contributed by atoms with Crippen molar-refractivity contribution in [3.05, 3.63) is 261 Å². The first kappa shape index (κ1) is 43.5. The Labute approximate surface area is 432 Å². The van der Waals surface area contributed by atoms with Crippen LogP contribution in [0.4, 0.5) is 17.6 Å². The monoisotopic (exact) mass is 957 g/mol. The van der Waals surface area contributed by atoms with E-state index in [0.717, 1.165) is 49.8 Å². The van der Waals surface area contributed by atoms with Crippen molar-refractivity contribution in [2.75, 3.05) is 4.90 Å². The van der Waals surface area contributed by atoms with Gasteiger partial charge in [0.25, 0.3) is 0 Å². The van der Waals surface area contributed by atoms with Crippen molar-refractivity contribution in [2.24, 2.45) is 0 Å². The molecule has 0 aliphatic rings. The molecular weight excluding hydrogens is 915 g/mol. The van der Waals surface area contributed by atoms with Crippen molar-refractivity contribution in [3.8, 4) is 67.8 Å². The van der Waals surface area contributed by atoms with Gasteiger partial charge in [-0.05, 0) is 100 Å². The number of rotatable bonds is 9. The largest absolute Gasteiger partial charge is 0.246 e. The molecule has 0 saturated heterocycles. The molecule has 350 valence electrons. The summed E-state index contributed by atoms with van der Waals surface area (Å²) in [6.07, 6.45) is 0. The fourth-order valence-corrected chi connectivity index (χ4v) is 10.6. The second kappa shape index (κ2) is 18.4. The molecule has 75 heavy (non-hydrogen) atoms. The standard InChI is InChI=1S/C68H43N7/c1-5-20-45(21-6-1)63-69-64(46-22-7-2-8-23-46)72-67(71-63)75(68-73-65(47-24-9-3-10-25-47)70-66(74-68)48-26-11-4-12-27-48)52-39-36-44(37-40-52)61-56-30-15-17-32-58(56)62(59-33-18-16-31-57(59)61)55-35-19-34-53-54(55)41-38-51-42-49-28-13-14-29-50(49)43-60(51)53/h1-43H. The van der Waals surface area contributed by atoms with Crippen molar-refractivity contribution >= 4 is 71.4 Å². The van der Waals surface area contributed by atoms with Crippen LogP contribution in [0.3, 0.4) is 0 Å². The summed E-state index contributed by atoms with van der Waals surface area (Å²) in [5.41, 5.74) is 8.80. The maximum absolute atomic E-state index is 5.24. The third-order valence-electron chi connectivity index (χ3n) is 14.1. The molecule has 14 aromatic rings. The van der Waals surface area contributed by atoms with E-state index in [1.54, 1.807) is 0 Å². The molecule has 0 bridgehead atoms. The van der Waals surface area contributed by atoms with Crippen LogP contribution in [0.1, 0.15) is 0 Å². The number of fused-ring (bicyclic) bond motifs is 6. The molecule has 0 spiro atoms. The molecule has 0 aliphatic carbocycles. The average Bonchev–Trinajstić information content (AvgIpc) is 3.49. The van der Waals surface area contributed by atoms with Gasteiger partial charge < -0.3 is 0 Å². The number of hydrogen-bond acceptors (Lipinski definition) is 7. The summed E-state index contributed by atoms with van der Waals surface area (Å²) in [4.78, 5) is 33.0. The summed E-state index contributed by atoms with van der Waals surface area (Å²) in [5, 5.41) is 12.1. The Kier molecular flexibility index (Phi) is 10.7. The molecule has 7 nitrogen and oxygen atoms in total. The fourth-order valence-electron chi connectivity index (χ4n) is 10.6. The zero-order valence-corrected chi connectivity index (χ0v) is 40.5. The van der Waals surface area contributed by atoms with Crippen molar-refractivity contribution < 1.29 is 0 Å². The molecule has 14 rings (SSSR count). The molecule has 2 heterocycles. The lowest BCUT2D eigenvalue weighted by molar-refractivity contribution is 0.964. The zero-order valence-electron chi connectivity index (χ0n) is 40.5. The van der Waals surface area contributed by atoms with Crippen LogP contribution in [0.25, 0.3) is 122 Å². The molecule has 7 heteroatoms. The van der Waals surface area contributed by atoms with Gasteiger partial charge in [-0.1, -0.05) is 237 Å². The van der Waals surface area contributed by atoms with Gasteiger partial charge in [-0.15, -0.1) is 0 Å². The SMILES string of the molecule is c1ccc(-c2nc(-c3ccccc3)nc(N(c3ccc(-c4c5ccccc5c(-c5cccc6c5ccc5cc7ccccc7cc56)c5ccccc45)cc3)c3nc(-c4ccccc4)nc(-c4ccccc4)n3)n2)cc1. The molecule has 12 aromatic carbocycles. The minimum Gasteiger partial charge on any atom is -0.246 e. The van der Waals surface area contributed by atoms with Crippen LogP contribution >= 0.6 is 0 Å². The van der Waals surface area contributed by atoms with Crippen molar-refractivity contribution in [3.63, 3.8) is 0 Å². The van der Waals surface area contributed by atoms with Crippen LogP contribution in [0.2, 0.25) is 0 Å². The molecule has 0 amide bonds. The topological polar surface area (TPSA) is 80.6 Å². The second-order valence-electron chi connectivity index (χ2n) is 18.6. The average molecular weight is 958 g/mol. The number of anilines is 3. The Hall–Kier alpha value is -10.2. The van der Waals surface area contributed by atoms with Crippen LogP contribution in [0.5, 0.6) is 0 Å². The molecular formula is C68H43N7. The minimum absolute atomic E-state index is 0.357. The Morgan fingerprint density at radius 1 is 0.227 bits per heavy atom. The molecule has 2 aromatic heterocycles. The molecule has 0 atom stereocenters. The van der Waals surface area contributed by atoms with Gasteiger partial charge in [-0.25, -0.2) is 14.9 Å². The van der Waals surface area contributed by atoms with Crippen LogP contribution < -0.4 is 4.90 Å². The van der Waals surface area contributed by atoms with Gasteiger partial charge in [-0.2, -0.15) is 19.9 Å². The highest BCUT2D eigenvalue weighted by molar-refractivity contribution is 6.25. The van der Waals surface area contributed by atoms with Crippen molar-refractivity contribution in [1.29, 1.82) is 0 Å². The number of aromatic nitrogens is 6. The third-order valence-corrected chi connectivity index (χ3v) is 14.1. The van der Waals surface area contributed by atoms with Crippen LogP contribution in [-0.2, 0) is 0 Å². The Bertz CT molecular complexity index is 4160. The van der Waals surface area contributed by atoms with Gasteiger partial charge in [0.05, 0.1) is 5.69 Å². The number of nitrogens with zero attached hydrogens (tertiary/aromatic N) is 7. The zero-order chi connectivity index (χ0) is 49.7. The summed E-state index contributed by atoms with van der Waals surface area (Å²) >= 11 is 0. The van der Waals surface area contributed by atoms with E-state index in [-0.39, 0.29) is 0 Å². The first-order chi connectivity index (χ1) is 37.2. The van der Waals surface area contributed by atoms with E-state index < -0.39 is 0 Å². The first-order valence-corrected chi connectivity index (χ1v) is 25.1. The highest BCUT2D eigenvalue weighted by atomic mass is 15.4. The van der Waals surface area contributed by atoms with E-state index in [1.165, 1.54) is 54.2 Å². The lowest BCUT2D eigenvalue weighted by atomic mass is 9.84. The summed E-state index contributed by atoms with van der Waals surface area (Å²) in [7, 11) is 0. The smallest absolute Gasteiger partial charge is 0.241 e. The molecule has 0 aliphatic heterocycles. The van der Waals surface area contributed by atoms with Crippen LogP contribution in [0, 0.1) is 0 Å². The van der Waals surface area contributed by atoms with E-state index in [4.69, 9.17) is 29.9 Å². The Morgan fingerprint density at radius 2 is 0.627 bits per heavy atom. The summed E-state index contributed by atoms with van der Waals surface area (Å²) in [6.45, 7) is 0. The van der Waals surface area contributed by atoms with E-state index in [2.05, 4.69) is 140 Å². The van der Waals surface area contributed by atoms with Crippen molar-refractivity contribution in [2.45, 2.75) is 0 Å². The van der Waals surface area contributed by atoms with Gasteiger partial charge in [0, 0.05) is 22.3 Å². The van der Waals surface area contributed by atoms with Gasteiger partial charge >= 0.3 is 0 Å². The predicted molar refractivity (Wildman–Crippen MR) is 308 cm³/mol. The molecule has 0 N–H and O–H groups in total. The van der Waals surface area contributed by atoms with E-state index in [0.29, 0.717) is 35.2 Å². The van der Waals surface area contributed by atoms with Gasteiger partial charge in [0.1, 0.15) is 0 Å². The normalized spacial score (nSPS) is 11.5. The number of benzene rings is 12. The van der Waals surface area contributed by atoms with Gasteiger partial charge in [-0.3, -0.25) is 0 Å². The molecule has 0 saturated carbocycles. The lowest BCUT2D eigenvalue weighted by Crippen LogP contribution is -2.19. The van der Waals surface area contributed by atoms with Gasteiger partial charge in [0.15, 0.2) is 23.3 Å². The maximum Gasteiger partial charge on any atom is 0.241 e. The summed E-state index contributed by atoms with van der Waals surface area (Å²) in [5.74, 6) is 2.80. The highest BCUT2D eigenvalue weighted by Crippen LogP contribution is 2.47. The fraction of sp³-hybridized carbons (Fsp3) is 0. The second-order valence-corrected chi connectivity index (χ2v) is 18.6. The molecule has 0 radical (unpaired) electrons. The Balaban J connectivity index is 0.974. The molecule has 0 fully saturated rings. The third kappa shape index (κ3) is 7.87. The number of hydrogen-bond donors (Lipinski definition) is 0. The van der Waals surface area contributed by atoms with E-state index in [9.17, 15) is 0 Å². The predicted octanol–water partition coefficient (Wildman–Crippen LogP) is 17.3. The lowest BCUT2D eigenvalue weighted by Gasteiger charge is -2.23.